The molecule has 0 spiro atoms. The van der Waals surface area contributed by atoms with Crippen LogP contribution in [0, 0.1) is 11.3 Å². The smallest absolute Gasteiger partial charge is 0.348 e. The van der Waals surface area contributed by atoms with Gasteiger partial charge in [-0.1, -0.05) is 18.2 Å². The molecule has 0 saturated carbocycles. The van der Waals surface area contributed by atoms with Gasteiger partial charge in [0.25, 0.3) is 0 Å². The number of ether oxygens (including phenoxy) is 3. The Morgan fingerprint density at radius 2 is 1.93 bits per heavy atom. The summed E-state index contributed by atoms with van der Waals surface area (Å²) in [5.74, 6) is 0.523. The summed E-state index contributed by atoms with van der Waals surface area (Å²) in [5, 5.41) is 14.2. The molecule has 0 bridgehead atoms. The lowest BCUT2D eigenvalue weighted by atomic mass is 10.0. The van der Waals surface area contributed by atoms with Crippen LogP contribution in [-0.2, 0) is 9.53 Å². The number of esters is 1. The molecule has 0 aliphatic heterocycles. The first-order valence-electron chi connectivity index (χ1n) is 9.27. The van der Waals surface area contributed by atoms with Crippen LogP contribution in [0.4, 0.5) is 0 Å². The number of methoxy groups -OCH3 is 2. The second-order valence-electron chi connectivity index (χ2n) is 6.17. The quantitative estimate of drug-likeness (QED) is 0.336. The van der Waals surface area contributed by atoms with Crippen molar-refractivity contribution in [3.8, 4) is 34.5 Å². The first kappa shape index (κ1) is 20.7. The van der Waals surface area contributed by atoms with Gasteiger partial charge in [0, 0.05) is 17.3 Å². The van der Waals surface area contributed by atoms with E-state index in [0.717, 1.165) is 5.69 Å². The number of para-hydroxylation sites is 1. The molecule has 30 heavy (non-hydrogen) atoms. The Kier molecular flexibility index (Phi) is 6.50. The van der Waals surface area contributed by atoms with Gasteiger partial charge in [-0.25, -0.2) is 9.48 Å². The van der Waals surface area contributed by atoms with Gasteiger partial charge in [0.15, 0.2) is 0 Å². The van der Waals surface area contributed by atoms with Crippen molar-refractivity contribution < 1.29 is 19.0 Å². The van der Waals surface area contributed by atoms with Crippen molar-refractivity contribution in [3.63, 3.8) is 0 Å². The highest BCUT2D eigenvalue weighted by Crippen LogP contribution is 2.35. The number of benzene rings is 2. The molecule has 3 rings (SSSR count). The van der Waals surface area contributed by atoms with Crippen LogP contribution in [0.15, 0.2) is 60.3 Å². The van der Waals surface area contributed by atoms with Crippen LogP contribution in [0.1, 0.15) is 12.5 Å². The lowest BCUT2D eigenvalue weighted by Crippen LogP contribution is -2.06. The SMILES string of the molecule is CCOC(=O)/C(C#N)=C/c1cn(-c2ccccc2)nc1-c1cc(OC)ccc1OC. The Hall–Kier alpha value is -4.05. The van der Waals surface area contributed by atoms with Crippen molar-refractivity contribution in [2.45, 2.75) is 6.92 Å². The summed E-state index contributed by atoms with van der Waals surface area (Å²) in [7, 11) is 3.14. The summed E-state index contributed by atoms with van der Waals surface area (Å²) in [6, 6.07) is 16.8. The fraction of sp³-hybridized carbons (Fsp3) is 0.174. The Morgan fingerprint density at radius 3 is 2.57 bits per heavy atom. The van der Waals surface area contributed by atoms with Crippen LogP contribution in [0.2, 0.25) is 0 Å². The largest absolute Gasteiger partial charge is 0.497 e. The predicted octanol–water partition coefficient (Wildman–Crippen LogP) is 4.03. The second-order valence-corrected chi connectivity index (χ2v) is 6.17. The van der Waals surface area contributed by atoms with Crippen molar-refractivity contribution in [1.29, 1.82) is 5.26 Å². The van der Waals surface area contributed by atoms with Gasteiger partial charge in [0.05, 0.1) is 26.5 Å². The molecule has 0 saturated heterocycles. The van der Waals surface area contributed by atoms with E-state index in [9.17, 15) is 10.1 Å². The second kappa shape index (κ2) is 9.43. The van der Waals surface area contributed by atoms with E-state index in [4.69, 9.17) is 19.3 Å². The summed E-state index contributed by atoms with van der Waals surface area (Å²) < 4.78 is 17.5. The molecule has 0 fully saturated rings. The minimum absolute atomic E-state index is 0.118. The molecule has 1 heterocycles. The highest BCUT2D eigenvalue weighted by Gasteiger charge is 2.19. The lowest BCUT2D eigenvalue weighted by Gasteiger charge is -2.09. The van der Waals surface area contributed by atoms with Gasteiger partial charge in [-0.15, -0.1) is 0 Å². The van der Waals surface area contributed by atoms with Gasteiger partial charge in [-0.3, -0.25) is 0 Å². The van der Waals surface area contributed by atoms with Crippen LogP contribution in [0.3, 0.4) is 0 Å². The van der Waals surface area contributed by atoms with Crippen molar-refractivity contribution in [3.05, 3.63) is 65.9 Å². The molecule has 0 aliphatic carbocycles. The van der Waals surface area contributed by atoms with Crippen LogP contribution >= 0.6 is 0 Å². The highest BCUT2D eigenvalue weighted by molar-refractivity contribution is 5.99. The maximum Gasteiger partial charge on any atom is 0.348 e. The molecule has 7 nitrogen and oxygen atoms in total. The zero-order valence-electron chi connectivity index (χ0n) is 17.0. The summed E-state index contributed by atoms with van der Waals surface area (Å²) >= 11 is 0. The number of aromatic nitrogens is 2. The van der Waals surface area contributed by atoms with E-state index in [2.05, 4.69) is 0 Å². The summed E-state index contributed by atoms with van der Waals surface area (Å²) in [4.78, 5) is 12.1. The molecule has 2 aromatic carbocycles. The van der Waals surface area contributed by atoms with Gasteiger partial charge in [0.2, 0.25) is 0 Å². The van der Waals surface area contributed by atoms with Gasteiger partial charge in [-0.2, -0.15) is 10.4 Å². The minimum Gasteiger partial charge on any atom is -0.497 e. The molecule has 152 valence electrons. The van der Waals surface area contributed by atoms with Crippen molar-refractivity contribution in [2.24, 2.45) is 0 Å². The first-order chi connectivity index (χ1) is 14.6. The number of carbonyl (C=O) groups is 1. The van der Waals surface area contributed by atoms with Crippen LogP contribution in [0.25, 0.3) is 23.0 Å². The maximum absolute atomic E-state index is 12.1. The van der Waals surface area contributed by atoms with E-state index in [1.165, 1.54) is 6.08 Å². The normalized spacial score (nSPS) is 10.9. The van der Waals surface area contributed by atoms with E-state index >= 15 is 0 Å². The summed E-state index contributed by atoms with van der Waals surface area (Å²) in [6.45, 7) is 1.87. The Morgan fingerprint density at radius 1 is 1.17 bits per heavy atom. The topological polar surface area (TPSA) is 86.4 Å². The average Bonchev–Trinajstić information content (AvgIpc) is 3.21. The monoisotopic (exact) mass is 403 g/mol. The zero-order valence-corrected chi connectivity index (χ0v) is 17.0. The Labute approximate surface area is 174 Å². The number of hydrogen-bond acceptors (Lipinski definition) is 6. The number of hydrogen-bond donors (Lipinski definition) is 0. The van der Waals surface area contributed by atoms with Gasteiger partial charge in [0.1, 0.15) is 28.8 Å². The fourth-order valence-electron chi connectivity index (χ4n) is 2.92. The van der Waals surface area contributed by atoms with E-state index in [1.807, 2.05) is 36.4 Å². The van der Waals surface area contributed by atoms with E-state index in [1.54, 1.807) is 50.2 Å². The average molecular weight is 403 g/mol. The van der Waals surface area contributed by atoms with Crippen LogP contribution < -0.4 is 9.47 Å². The molecule has 0 unspecified atom stereocenters. The van der Waals surface area contributed by atoms with Crippen molar-refractivity contribution in [1.82, 2.24) is 9.78 Å². The van der Waals surface area contributed by atoms with E-state index < -0.39 is 5.97 Å². The van der Waals surface area contributed by atoms with Gasteiger partial charge in [-0.05, 0) is 43.3 Å². The number of rotatable bonds is 7. The van der Waals surface area contributed by atoms with E-state index in [0.29, 0.717) is 28.3 Å². The molecule has 1 aromatic heterocycles. The third-order valence-electron chi connectivity index (χ3n) is 4.34. The third-order valence-corrected chi connectivity index (χ3v) is 4.34. The van der Waals surface area contributed by atoms with Crippen LogP contribution in [0.5, 0.6) is 11.5 Å². The third kappa shape index (κ3) is 4.33. The number of carbonyl (C=O) groups excluding carboxylic acids is 1. The molecule has 0 radical (unpaired) electrons. The summed E-state index contributed by atoms with van der Waals surface area (Å²) in [5.41, 5.74) is 2.48. The molecule has 0 N–H and O–H groups in total. The molecule has 0 aliphatic rings. The standard InChI is InChI=1S/C23H21N3O4/c1-4-30-23(27)16(14-24)12-17-15-26(18-8-6-5-7-9-18)25-22(17)20-13-19(28-2)10-11-21(20)29-3/h5-13,15H,4H2,1-3H3/b16-12+. The lowest BCUT2D eigenvalue weighted by molar-refractivity contribution is -0.137. The molecular weight excluding hydrogens is 382 g/mol. The molecule has 0 amide bonds. The van der Waals surface area contributed by atoms with Crippen LogP contribution in [-0.4, -0.2) is 36.6 Å². The number of nitriles is 1. The maximum atomic E-state index is 12.1. The van der Waals surface area contributed by atoms with E-state index in [-0.39, 0.29) is 12.2 Å². The zero-order chi connectivity index (χ0) is 21.5. The minimum atomic E-state index is -0.684. The van der Waals surface area contributed by atoms with Crippen molar-refractivity contribution >= 4 is 12.0 Å². The van der Waals surface area contributed by atoms with Crippen molar-refractivity contribution in [2.75, 3.05) is 20.8 Å². The highest BCUT2D eigenvalue weighted by atomic mass is 16.5. The first-order valence-corrected chi connectivity index (χ1v) is 9.27. The molecule has 3 aromatic rings. The molecule has 7 heteroatoms. The summed E-state index contributed by atoms with van der Waals surface area (Å²) in [6.07, 6.45) is 3.22. The fourth-order valence-corrected chi connectivity index (χ4v) is 2.92. The Balaban J connectivity index is 2.23. The Bertz CT molecular complexity index is 1110. The molecule has 0 atom stereocenters. The molecular formula is C23H21N3O4. The van der Waals surface area contributed by atoms with Gasteiger partial charge < -0.3 is 14.2 Å². The van der Waals surface area contributed by atoms with Gasteiger partial charge >= 0.3 is 5.97 Å². The predicted molar refractivity (Wildman–Crippen MR) is 112 cm³/mol. The number of nitrogens with zero attached hydrogens (tertiary/aromatic N) is 3.